The molecule has 0 saturated carbocycles. The normalized spacial score (nSPS) is 11.7. The maximum Gasteiger partial charge on any atom is 0.311 e. The van der Waals surface area contributed by atoms with Crippen LogP contribution in [0.4, 0.5) is 5.69 Å². The van der Waals surface area contributed by atoms with Crippen molar-refractivity contribution in [2.75, 3.05) is 5.32 Å². The van der Waals surface area contributed by atoms with E-state index < -0.39 is 18.0 Å². The molecule has 0 radical (unpaired) electrons. The minimum atomic E-state index is -0.994. The Labute approximate surface area is 195 Å². The van der Waals surface area contributed by atoms with Crippen LogP contribution < -0.4 is 10.1 Å². The van der Waals surface area contributed by atoms with Crippen molar-refractivity contribution in [3.05, 3.63) is 75.1 Å². The van der Waals surface area contributed by atoms with Crippen LogP contribution >= 0.6 is 23.2 Å². The molecule has 7 nitrogen and oxygen atoms in total. The molecule has 9 heteroatoms. The number of hydrogen-bond donors (Lipinski definition) is 1. The zero-order chi connectivity index (χ0) is 23.3. The lowest BCUT2D eigenvalue weighted by Crippen LogP contribution is -2.30. The molecule has 3 aromatic rings. The first-order valence-electron chi connectivity index (χ1n) is 9.82. The van der Waals surface area contributed by atoms with Crippen LogP contribution in [0, 0.1) is 13.8 Å². The Balaban J connectivity index is 1.49. The molecule has 0 spiro atoms. The van der Waals surface area contributed by atoms with Gasteiger partial charge in [-0.15, -0.1) is 0 Å². The van der Waals surface area contributed by atoms with Gasteiger partial charge >= 0.3 is 5.97 Å². The van der Waals surface area contributed by atoms with Crippen molar-refractivity contribution in [1.29, 1.82) is 0 Å². The number of anilines is 1. The maximum atomic E-state index is 12.3. The van der Waals surface area contributed by atoms with Gasteiger partial charge in [-0.1, -0.05) is 40.5 Å². The number of carbonyl (C=O) groups is 2. The van der Waals surface area contributed by atoms with Gasteiger partial charge in [0.1, 0.15) is 18.1 Å². The molecule has 0 aliphatic heterocycles. The summed E-state index contributed by atoms with van der Waals surface area (Å²) in [6.45, 7) is 5.52. The van der Waals surface area contributed by atoms with Gasteiger partial charge in [-0.25, -0.2) is 0 Å². The molecule has 0 saturated heterocycles. The van der Waals surface area contributed by atoms with E-state index in [-0.39, 0.29) is 6.42 Å². The number of nitrogens with zero attached hydrogens (tertiary/aromatic N) is 1. The van der Waals surface area contributed by atoms with E-state index in [1.165, 1.54) is 13.0 Å². The molecule has 3 rings (SSSR count). The van der Waals surface area contributed by atoms with Crippen LogP contribution in [0.3, 0.4) is 0 Å². The highest BCUT2D eigenvalue weighted by Gasteiger charge is 2.19. The van der Waals surface area contributed by atoms with Gasteiger partial charge in [-0.2, -0.15) is 0 Å². The molecule has 0 fully saturated rings. The molecule has 1 amide bonds. The van der Waals surface area contributed by atoms with Gasteiger partial charge in [0, 0.05) is 5.02 Å². The summed E-state index contributed by atoms with van der Waals surface area (Å²) >= 11 is 11.9. The van der Waals surface area contributed by atoms with Crippen LogP contribution in [0.5, 0.6) is 5.75 Å². The first-order valence-corrected chi connectivity index (χ1v) is 10.6. The number of benzene rings is 2. The van der Waals surface area contributed by atoms with E-state index in [2.05, 4.69) is 10.5 Å². The minimum absolute atomic E-state index is 0.0173. The Morgan fingerprint density at radius 2 is 1.84 bits per heavy atom. The fourth-order valence-electron chi connectivity index (χ4n) is 2.85. The molecule has 0 aliphatic carbocycles. The summed E-state index contributed by atoms with van der Waals surface area (Å²) in [5.41, 5.74) is 2.81. The Bertz CT molecular complexity index is 1090. The summed E-state index contributed by atoms with van der Waals surface area (Å²) in [6, 6.07) is 11.7. The van der Waals surface area contributed by atoms with Crippen molar-refractivity contribution in [1.82, 2.24) is 5.16 Å². The molecule has 0 bridgehead atoms. The number of esters is 1. The second-order valence-electron chi connectivity index (χ2n) is 7.16. The molecule has 32 heavy (non-hydrogen) atoms. The SMILES string of the molecule is Cc1noc(C)c1COc1ccc(CC(=O)OC(C)C(=O)Nc2ccc(Cl)cc2Cl)cc1. The lowest BCUT2D eigenvalue weighted by Gasteiger charge is -2.14. The van der Waals surface area contributed by atoms with Crippen LogP contribution in [-0.4, -0.2) is 23.1 Å². The van der Waals surface area contributed by atoms with Gasteiger partial charge in [0.05, 0.1) is 28.4 Å². The molecular weight excluding hydrogens is 455 g/mol. The number of rotatable bonds is 8. The van der Waals surface area contributed by atoms with Gasteiger partial charge in [-0.05, 0) is 56.7 Å². The van der Waals surface area contributed by atoms with Crippen molar-refractivity contribution in [3.8, 4) is 5.75 Å². The lowest BCUT2D eigenvalue weighted by atomic mass is 10.1. The average molecular weight is 477 g/mol. The first kappa shape index (κ1) is 23.6. The number of amides is 1. The Morgan fingerprint density at radius 3 is 2.47 bits per heavy atom. The van der Waals surface area contributed by atoms with E-state index in [1.54, 1.807) is 36.4 Å². The summed E-state index contributed by atoms with van der Waals surface area (Å²) in [5.74, 6) is 0.345. The highest BCUT2D eigenvalue weighted by Crippen LogP contribution is 2.25. The maximum absolute atomic E-state index is 12.3. The highest BCUT2D eigenvalue weighted by atomic mass is 35.5. The zero-order valence-electron chi connectivity index (χ0n) is 17.8. The van der Waals surface area contributed by atoms with Crippen LogP contribution in [0.25, 0.3) is 0 Å². The van der Waals surface area contributed by atoms with Crippen molar-refractivity contribution in [2.45, 2.75) is 39.9 Å². The van der Waals surface area contributed by atoms with E-state index in [4.69, 9.17) is 37.2 Å². The molecule has 1 N–H and O–H groups in total. The molecule has 1 unspecified atom stereocenters. The van der Waals surface area contributed by atoms with E-state index >= 15 is 0 Å². The predicted octanol–water partition coefficient (Wildman–Crippen LogP) is 5.29. The van der Waals surface area contributed by atoms with E-state index in [0.717, 1.165) is 22.6 Å². The number of nitrogens with one attached hydrogen (secondary N) is 1. The Hall–Kier alpha value is -3.03. The lowest BCUT2D eigenvalue weighted by molar-refractivity contribution is -0.152. The standard InChI is InChI=1S/C23H22Cl2N2O5/c1-13-19(14(2)32-27-13)12-30-18-7-4-16(5-8-18)10-22(28)31-15(3)23(29)26-21-9-6-17(24)11-20(21)25/h4-9,11,15H,10,12H2,1-3H3,(H,26,29). The quantitative estimate of drug-likeness (QED) is 0.444. The van der Waals surface area contributed by atoms with Gasteiger partial charge < -0.3 is 19.3 Å². The number of halogens is 2. The van der Waals surface area contributed by atoms with Gasteiger partial charge in [0.25, 0.3) is 5.91 Å². The van der Waals surface area contributed by atoms with Crippen LogP contribution in [0.15, 0.2) is 47.0 Å². The van der Waals surface area contributed by atoms with Crippen molar-refractivity contribution in [2.24, 2.45) is 0 Å². The van der Waals surface area contributed by atoms with Crippen LogP contribution in [0.1, 0.15) is 29.5 Å². The summed E-state index contributed by atoms with van der Waals surface area (Å²) in [4.78, 5) is 24.5. The topological polar surface area (TPSA) is 90.7 Å². The predicted molar refractivity (Wildman–Crippen MR) is 121 cm³/mol. The molecule has 168 valence electrons. The summed E-state index contributed by atoms with van der Waals surface area (Å²) < 4.78 is 16.1. The third-order valence-electron chi connectivity index (χ3n) is 4.70. The monoisotopic (exact) mass is 476 g/mol. The molecular formula is C23H22Cl2N2O5. The third-order valence-corrected chi connectivity index (χ3v) is 5.25. The molecule has 1 heterocycles. The second kappa shape index (κ2) is 10.5. The number of ether oxygens (including phenoxy) is 2. The minimum Gasteiger partial charge on any atom is -0.489 e. The smallest absolute Gasteiger partial charge is 0.311 e. The van der Waals surface area contributed by atoms with Crippen molar-refractivity contribution < 1.29 is 23.6 Å². The summed E-state index contributed by atoms with van der Waals surface area (Å²) in [5, 5.41) is 7.25. The molecule has 2 aromatic carbocycles. The fraction of sp³-hybridized carbons (Fsp3) is 0.261. The summed E-state index contributed by atoms with van der Waals surface area (Å²) in [7, 11) is 0. The Morgan fingerprint density at radius 1 is 1.12 bits per heavy atom. The number of hydrogen-bond acceptors (Lipinski definition) is 6. The zero-order valence-corrected chi connectivity index (χ0v) is 19.3. The third kappa shape index (κ3) is 6.24. The van der Waals surface area contributed by atoms with Gasteiger partial charge in [0.2, 0.25) is 0 Å². The van der Waals surface area contributed by atoms with Crippen molar-refractivity contribution in [3.63, 3.8) is 0 Å². The summed E-state index contributed by atoms with van der Waals surface area (Å²) in [6.07, 6.45) is -0.976. The molecule has 0 aliphatic rings. The number of carbonyl (C=O) groups excluding carboxylic acids is 2. The second-order valence-corrected chi connectivity index (χ2v) is 8.00. The van der Waals surface area contributed by atoms with E-state index in [0.29, 0.717) is 28.1 Å². The average Bonchev–Trinajstić information content (AvgIpc) is 3.06. The Kier molecular flexibility index (Phi) is 7.77. The highest BCUT2D eigenvalue weighted by molar-refractivity contribution is 6.36. The largest absolute Gasteiger partial charge is 0.489 e. The van der Waals surface area contributed by atoms with Gasteiger partial charge in [0.15, 0.2) is 6.10 Å². The molecule has 1 atom stereocenters. The van der Waals surface area contributed by atoms with Crippen LogP contribution in [0.2, 0.25) is 10.0 Å². The number of aryl methyl sites for hydroxylation is 2. The molecule has 1 aromatic heterocycles. The van der Waals surface area contributed by atoms with Crippen LogP contribution in [-0.2, 0) is 27.4 Å². The van der Waals surface area contributed by atoms with E-state index in [1.807, 2.05) is 13.8 Å². The van der Waals surface area contributed by atoms with Crippen molar-refractivity contribution >= 4 is 40.8 Å². The fourth-order valence-corrected chi connectivity index (χ4v) is 3.31. The van der Waals surface area contributed by atoms with E-state index in [9.17, 15) is 9.59 Å². The first-order chi connectivity index (χ1) is 15.2. The number of aromatic nitrogens is 1. The van der Waals surface area contributed by atoms with Gasteiger partial charge in [-0.3, -0.25) is 9.59 Å².